The highest BCUT2D eigenvalue weighted by Crippen LogP contribution is 2.24. The molecule has 1 aliphatic rings. The molecule has 0 spiro atoms. The Hall–Kier alpha value is -2.45. The van der Waals surface area contributed by atoms with Crippen LogP contribution in [-0.2, 0) is 21.4 Å². The van der Waals surface area contributed by atoms with Crippen molar-refractivity contribution in [3.05, 3.63) is 59.9 Å². The normalized spacial score (nSPS) is 17.7. The Labute approximate surface area is 177 Å². The van der Waals surface area contributed by atoms with Gasteiger partial charge in [0.2, 0.25) is 15.9 Å². The molecule has 6 nitrogen and oxygen atoms in total. The molecular weight excluding hydrogens is 407 g/mol. The second kappa shape index (κ2) is 9.57. The van der Waals surface area contributed by atoms with E-state index in [9.17, 15) is 17.6 Å². The molecule has 0 aliphatic carbocycles. The molecule has 1 fully saturated rings. The minimum absolute atomic E-state index is 0.0358. The molecule has 162 valence electrons. The number of carbonyl (C=O) groups is 1. The van der Waals surface area contributed by atoms with Gasteiger partial charge in [-0.15, -0.1) is 0 Å². The monoisotopic (exact) mass is 434 g/mol. The van der Waals surface area contributed by atoms with Crippen molar-refractivity contribution in [1.29, 1.82) is 0 Å². The number of hydrogen-bond acceptors (Lipinski definition) is 4. The summed E-state index contributed by atoms with van der Waals surface area (Å²) >= 11 is 0. The summed E-state index contributed by atoms with van der Waals surface area (Å²) in [6.45, 7) is 4.74. The van der Waals surface area contributed by atoms with E-state index in [1.54, 1.807) is 0 Å². The van der Waals surface area contributed by atoms with Gasteiger partial charge in [0, 0.05) is 19.6 Å². The lowest BCUT2D eigenvalue weighted by Gasteiger charge is -2.31. The zero-order valence-corrected chi connectivity index (χ0v) is 18.0. The van der Waals surface area contributed by atoms with E-state index in [0.717, 1.165) is 23.4 Å². The van der Waals surface area contributed by atoms with Crippen LogP contribution in [0.4, 0.5) is 4.39 Å². The maximum atomic E-state index is 13.1. The fraction of sp³-hybridized carbons (Fsp3) is 0.409. The van der Waals surface area contributed by atoms with Crippen LogP contribution in [0.15, 0.2) is 53.4 Å². The maximum Gasteiger partial charge on any atom is 0.243 e. The van der Waals surface area contributed by atoms with Crippen LogP contribution in [-0.4, -0.2) is 37.8 Å². The summed E-state index contributed by atoms with van der Waals surface area (Å²) in [4.78, 5) is 12.7. The molecule has 1 amide bonds. The zero-order valence-electron chi connectivity index (χ0n) is 17.2. The van der Waals surface area contributed by atoms with Gasteiger partial charge in [-0.2, -0.15) is 4.31 Å². The molecule has 1 saturated heterocycles. The lowest BCUT2D eigenvalue weighted by molar-refractivity contribution is -0.126. The predicted molar refractivity (Wildman–Crippen MR) is 112 cm³/mol. The van der Waals surface area contributed by atoms with Gasteiger partial charge in [-0.1, -0.05) is 12.1 Å². The molecule has 0 radical (unpaired) electrons. The zero-order chi connectivity index (χ0) is 21.7. The van der Waals surface area contributed by atoms with Crippen LogP contribution in [0, 0.1) is 11.7 Å². The van der Waals surface area contributed by atoms with Gasteiger partial charge in [0.15, 0.2) is 0 Å². The van der Waals surface area contributed by atoms with Gasteiger partial charge < -0.3 is 10.1 Å². The number of amides is 1. The molecular formula is C22H27FN2O4S. The maximum absolute atomic E-state index is 13.1. The van der Waals surface area contributed by atoms with Crippen molar-refractivity contribution in [3.8, 4) is 5.75 Å². The van der Waals surface area contributed by atoms with Crippen LogP contribution in [0.1, 0.15) is 32.3 Å². The Morgan fingerprint density at radius 2 is 1.83 bits per heavy atom. The van der Waals surface area contributed by atoms with E-state index >= 15 is 0 Å². The van der Waals surface area contributed by atoms with Crippen molar-refractivity contribution in [2.45, 2.75) is 44.2 Å². The van der Waals surface area contributed by atoms with Gasteiger partial charge >= 0.3 is 0 Å². The molecule has 1 atom stereocenters. The van der Waals surface area contributed by atoms with E-state index in [4.69, 9.17) is 4.74 Å². The summed E-state index contributed by atoms with van der Waals surface area (Å²) in [7, 11) is -3.75. The van der Waals surface area contributed by atoms with Gasteiger partial charge in [-0.05, 0) is 68.7 Å². The van der Waals surface area contributed by atoms with Crippen molar-refractivity contribution < 1.29 is 22.3 Å². The van der Waals surface area contributed by atoms with E-state index in [-0.39, 0.29) is 23.5 Å². The Balaban J connectivity index is 1.58. The van der Waals surface area contributed by atoms with E-state index < -0.39 is 21.8 Å². The van der Waals surface area contributed by atoms with Crippen LogP contribution in [0.5, 0.6) is 5.75 Å². The lowest BCUT2D eigenvalue weighted by Crippen LogP contribution is -2.45. The number of hydrogen-bond donors (Lipinski definition) is 1. The number of nitrogens with zero attached hydrogens (tertiary/aromatic N) is 1. The number of rotatable bonds is 7. The Morgan fingerprint density at radius 1 is 1.17 bits per heavy atom. The summed E-state index contributed by atoms with van der Waals surface area (Å²) in [5, 5.41) is 2.90. The predicted octanol–water partition coefficient (Wildman–Crippen LogP) is 3.33. The summed E-state index contributed by atoms with van der Waals surface area (Å²) in [6, 6.07) is 12.3. The van der Waals surface area contributed by atoms with E-state index in [1.807, 2.05) is 38.1 Å². The van der Waals surface area contributed by atoms with Crippen LogP contribution in [0.25, 0.3) is 0 Å². The Morgan fingerprint density at radius 3 is 2.47 bits per heavy atom. The number of piperidine rings is 1. The number of carbonyl (C=O) groups excluding carboxylic acids is 1. The summed E-state index contributed by atoms with van der Waals surface area (Å²) < 4.78 is 45.7. The van der Waals surface area contributed by atoms with E-state index in [0.29, 0.717) is 25.9 Å². The highest BCUT2D eigenvalue weighted by Gasteiger charge is 2.33. The molecule has 1 aliphatic heterocycles. The molecule has 1 heterocycles. The molecule has 0 aromatic heterocycles. The van der Waals surface area contributed by atoms with Crippen LogP contribution in [0.2, 0.25) is 0 Å². The first-order chi connectivity index (χ1) is 14.3. The van der Waals surface area contributed by atoms with Crippen molar-refractivity contribution in [2.24, 2.45) is 5.92 Å². The third kappa shape index (κ3) is 5.58. The van der Waals surface area contributed by atoms with E-state index in [2.05, 4.69) is 5.32 Å². The molecule has 2 aromatic carbocycles. The number of sulfonamides is 1. The average molecular weight is 435 g/mol. The topological polar surface area (TPSA) is 75.7 Å². The molecule has 2 aromatic rings. The molecule has 8 heteroatoms. The smallest absolute Gasteiger partial charge is 0.243 e. The summed E-state index contributed by atoms with van der Waals surface area (Å²) in [6.07, 6.45) is 1.32. The SMILES string of the molecule is CC(C)Oc1ccc(CNC(=O)C2CCCN(S(=O)(=O)c3ccc(F)cc3)C2)cc1. The van der Waals surface area contributed by atoms with Gasteiger partial charge in [-0.3, -0.25) is 4.79 Å². The lowest BCUT2D eigenvalue weighted by atomic mass is 9.99. The molecule has 1 N–H and O–H groups in total. The second-order valence-electron chi connectivity index (χ2n) is 7.68. The molecule has 3 rings (SSSR count). The molecule has 0 bridgehead atoms. The van der Waals surface area contributed by atoms with Gasteiger partial charge in [0.05, 0.1) is 16.9 Å². The number of nitrogens with one attached hydrogen (secondary N) is 1. The first-order valence-electron chi connectivity index (χ1n) is 10.0. The summed E-state index contributed by atoms with van der Waals surface area (Å²) in [5.41, 5.74) is 0.936. The van der Waals surface area contributed by atoms with Crippen molar-refractivity contribution >= 4 is 15.9 Å². The fourth-order valence-electron chi connectivity index (χ4n) is 3.42. The standard InChI is InChI=1S/C22H27FN2O4S/c1-16(2)29-20-9-5-17(6-10-20)14-24-22(26)18-4-3-13-25(15-18)30(27,28)21-11-7-19(23)8-12-21/h5-12,16,18H,3-4,13-15H2,1-2H3,(H,24,26). The largest absolute Gasteiger partial charge is 0.491 e. The third-order valence-electron chi connectivity index (χ3n) is 4.97. The highest BCUT2D eigenvalue weighted by molar-refractivity contribution is 7.89. The Kier molecular flexibility index (Phi) is 7.10. The minimum Gasteiger partial charge on any atom is -0.491 e. The van der Waals surface area contributed by atoms with Crippen LogP contribution in [0.3, 0.4) is 0 Å². The third-order valence-corrected chi connectivity index (χ3v) is 6.85. The van der Waals surface area contributed by atoms with Gasteiger partial charge in [0.1, 0.15) is 11.6 Å². The van der Waals surface area contributed by atoms with Gasteiger partial charge in [0.25, 0.3) is 0 Å². The summed E-state index contributed by atoms with van der Waals surface area (Å²) in [5.74, 6) is -0.309. The van der Waals surface area contributed by atoms with Crippen molar-refractivity contribution in [1.82, 2.24) is 9.62 Å². The quantitative estimate of drug-likeness (QED) is 0.725. The van der Waals surface area contributed by atoms with Crippen LogP contribution < -0.4 is 10.1 Å². The average Bonchev–Trinajstić information content (AvgIpc) is 2.73. The first-order valence-corrected chi connectivity index (χ1v) is 11.5. The van der Waals surface area contributed by atoms with E-state index in [1.165, 1.54) is 16.4 Å². The fourth-order valence-corrected chi connectivity index (χ4v) is 4.95. The number of halogens is 1. The Bertz CT molecular complexity index is 960. The highest BCUT2D eigenvalue weighted by atomic mass is 32.2. The molecule has 30 heavy (non-hydrogen) atoms. The minimum atomic E-state index is -3.75. The van der Waals surface area contributed by atoms with Crippen molar-refractivity contribution in [3.63, 3.8) is 0 Å². The second-order valence-corrected chi connectivity index (χ2v) is 9.62. The first kappa shape index (κ1) is 22.2. The molecule has 0 saturated carbocycles. The number of benzene rings is 2. The van der Waals surface area contributed by atoms with Gasteiger partial charge in [-0.25, -0.2) is 12.8 Å². The van der Waals surface area contributed by atoms with Crippen LogP contribution >= 0.6 is 0 Å². The number of ether oxygens (including phenoxy) is 1. The van der Waals surface area contributed by atoms with Crippen molar-refractivity contribution in [2.75, 3.05) is 13.1 Å². The molecule has 1 unspecified atom stereocenters.